The first-order chi connectivity index (χ1) is 11.5. The minimum absolute atomic E-state index is 0.0495. The second kappa shape index (κ2) is 7.34. The molecule has 0 atom stereocenters. The van der Waals surface area contributed by atoms with Gasteiger partial charge < -0.3 is 4.90 Å². The third kappa shape index (κ3) is 3.78. The van der Waals surface area contributed by atoms with Crippen molar-refractivity contribution in [1.29, 1.82) is 0 Å². The van der Waals surface area contributed by atoms with Crippen molar-refractivity contribution in [3.63, 3.8) is 0 Å². The third-order valence-corrected chi connectivity index (χ3v) is 5.12. The minimum Gasteiger partial charge on any atom is -0.335 e. The van der Waals surface area contributed by atoms with E-state index in [-0.39, 0.29) is 24.2 Å². The molecule has 3 rings (SSSR count). The maximum atomic E-state index is 13.0. The van der Waals surface area contributed by atoms with Gasteiger partial charge in [-0.05, 0) is 30.5 Å². The molecular weight excluding hydrogens is 329 g/mol. The predicted octanol–water partition coefficient (Wildman–Crippen LogP) is 3.73. The van der Waals surface area contributed by atoms with Gasteiger partial charge in [-0.1, -0.05) is 36.6 Å². The van der Waals surface area contributed by atoms with E-state index in [4.69, 9.17) is 11.6 Å². The van der Waals surface area contributed by atoms with E-state index in [0.29, 0.717) is 11.7 Å². The number of carbonyl (C=O) groups excluding carboxylic acids is 1. The zero-order valence-electron chi connectivity index (χ0n) is 13.7. The van der Waals surface area contributed by atoms with Gasteiger partial charge in [0.05, 0.1) is 19.2 Å². The third-order valence-electron chi connectivity index (χ3n) is 4.63. The first-order valence-electron chi connectivity index (χ1n) is 8.25. The molecule has 1 saturated carbocycles. The molecule has 0 radical (unpaired) electrons. The molecule has 1 aromatic carbocycles. The van der Waals surface area contributed by atoms with E-state index >= 15 is 0 Å². The number of rotatable bonds is 5. The maximum Gasteiger partial charge on any atom is 0.227 e. The topological polar surface area (TPSA) is 38.1 Å². The van der Waals surface area contributed by atoms with Gasteiger partial charge in [-0.25, -0.2) is 4.39 Å². The van der Waals surface area contributed by atoms with Gasteiger partial charge in [0.25, 0.3) is 0 Å². The fourth-order valence-corrected chi connectivity index (χ4v) is 3.43. The summed E-state index contributed by atoms with van der Waals surface area (Å²) in [6.45, 7) is 0.470. The van der Waals surface area contributed by atoms with Crippen LogP contribution in [0.5, 0.6) is 0 Å². The summed E-state index contributed by atoms with van der Waals surface area (Å²) in [6, 6.07) is 6.35. The largest absolute Gasteiger partial charge is 0.335 e. The van der Waals surface area contributed by atoms with Crippen LogP contribution in [0, 0.1) is 5.82 Å². The summed E-state index contributed by atoms with van der Waals surface area (Å²) < 4.78 is 14.6. The Morgan fingerprint density at radius 3 is 2.58 bits per heavy atom. The standard InChI is InChI=1S/C18H21ClFN3O/c1-22-18(19)14(11-21-22)12-23(16-4-2-3-5-16)17(24)10-13-6-8-15(20)9-7-13/h6-9,11,16H,2-5,10,12H2,1H3. The van der Waals surface area contributed by atoms with E-state index in [1.165, 1.54) is 12.1 Å². The van der Waals surface area contributed by atoms with E-state index < -0.39 is 0 Å². The number of benzene rings is 1. The van der Waals surface area contributed by atoms with Crippen LogP contribution in [0.4, 0.5) is 4.39 Å². The van der Waals surface area contributed by atoms with Crippen molar-refractivity contribution in [2.24, 2.45) is 7.05 Å². The lowest BCUT2D eigenvalue weighted by molar-refractivity contribution is -0.133. The zero-order chi connectivity index (χ0) is 17.1. The Morgan fingerprint density at radius 1 is 1.33 bits per heavy atom. The number of aromatic nitrogens is 2. The molecule has 24 heavy (non-hydrogen) atoms. The van der Waals surface area contributed by atoms with Crippen LogP contribution in [0.3, 0.4) is 0 Å². The van der Waals surface area contributed by atoms with Gasteiger partial charge in [0.15, 0.2) is 0 Å². The summed E-state index contributed by atoms with van der Waals surface area (Å²) in [6.07, 6.45) is 6.32. The van der Waals surface area contributed by atoms with Gasteiger partial charge in [-0.15, -0.1) is 0 Å². The number of aryl methyl sites for hydroxylation is 1. The molecule has 1 fully saturated rings. The van der Waals surface area contributed by atoms with E-state index in [2.05, 4.69) is 5.10 Å². The summed E-state index contributed by atoms with van der Waals surface area (Å²) in [5, 5.41) is 4.72. The summed E-state index contributed by atoms with van der Waals surface area (Å²) in [5.41, 5.74) is 1.68. The van der Waals surface area contributed by atoms with E-state index in [1.807, 2.05) is 4.90 Å². The van der Waals surface area contributed by atoms with Crippen LogP contribution >= 0.6 is 11.6 Å². The summed E-state index contributed by atoms with van der Waals surface area (Å²) in [4.78, 5) is 14.8. The van der Waals surface area contributed by atoms with Gasteiger partial charge in [0, 0.05) is 18.7 Å². The Bertz CT molecular complexity index is 708. The van der Waals surface area contributed by atoms with Crippen LogP contribution < -0.4 is 0 Å². The Morgan fingerprint density at radius 2 is 2.00 bits per heavy atom. The number of amides is 1. The molecular formula is C18H21ClFN3O. The van der Waals surface area contributed by atoms with Crippen molar-refractivity contribution in [2.75, 3.05) is 0 Å². The van der Waals surface area contributed by atoms with E-state index in [9.17, 15) is 9.18 Å². The number of nitrogens with zero attached hydrogens (tertiary/aromatic N) is 3. The van der Waals surface area contributed by atoms with E-state index in [1.54, 1.807) is 30.1 Å². The summed E-state index contributed by atoms with van der Waals surface area (Å²) in [7, 11) is 1.78. The summed E-state index contributed by atoms with van der Waals surface area (Å²) >= 11 is 6.26. The zero-order valence-corrected chi connectivity index (χ0v) is 14.5. The first-order valence-corrected chi connectivity index (χ1v) is 8.62. The molecule has 4 nitrogen and oxygen atoms in total. The molecule has 2 aromatic rings. The molecule has 1 amide bonds. The highest BCUT2D eigenvalue weighted by Gasteiger charge is 2.27. The quantitative estimate of drug-likeness (QED) is 0.825. The van der Waals surface area contributed by atoms with Crippen molar-refractivity contribution < 1.29 is 9.18 Å². The molecule has 0 spiro atoms. The Labute approximate surface area is 146 Å². The number of hydrogen-bond donors (Lipinski definition) is 0. The lowest BCUT2D eigenvalue weighted by Gasteiger charge is -2.29. The van der Waals surface area contributed by atoms with Crippen molar-refractivity contribution >= 4 is 17.5 Å². The first kappa shape index (κ1) is 17.0. The number of halogens is 2. The van der Waals surface area contributed by atoms with Gasteiger partial charge in [0.1, 0.15) is 11.0 Å². The molecule has 1 aliphatic rings. The highest BCUT2D eigenvalue weighted by molar-refractivity contribution is 6.30. The summed E-state index contributed by atoms with van der Waals surface area (Å²) in [5.74, 6) is -0.241. The van der Waals surface area contributed by atoms with Crippen LogP contribution in [0.1, 0.15) is 36.8 Å². The monoisotopic (exact) mass is 349 g/mol. The Kier molecular flexibility index (Phi) is 5.19. The average molecular weight is 350 g/mol. The fraction of sp³-hybridized carbons (Fsp3) is 0.444. The lowest BCUT2D eigenvalue weighted by atomic mass is 10.1. The SMILES string of the molecule is Cn1ncc(CN(C(=O)Cc2ccc(F)cc2)C2CCCC2)c1Cl. The van der Waals surface area contributed by atoms with Gasteiger partial charge in [-0.2, -0.15) is 5.10 Å². The molecule has 0 aliphatic heterocycles. The smallest absolute Gasteiger partial charge is 0.227 e. The normalized spacial score (nSPS) is 15.0. The lowest BCUT2D eigenvalue weighted by Crippen LogP contribution is -2.39. The molecule has 0 saturated heterocycles. The average Bonchev–Trinajstić information content (AvgIpc) is 3.19. The minimum atomic E-state index is -0.291. The van der Waals surface area contributed by atoms with Crippen molar-refractivity contribution in [3.8, 4) is 0 Å². The molecule has 0 unspecified atom stereocenters. The molecule has 0 bridgehead atoms. The Hall–Kier alpha value is -1.88. The Balaban J connectivity index is 1.77. The van der Waals surface area contributed by atoms with Crippen LogP contribution in [-0.2, 0) is 24.8 Å². The molecule has 128 valence electrons. The second-order valence-electron chi connectivity index (χ2n) is 6.35. The van der Waals surface area contributed by atoms with Crippen LogP contribution in [0.25, 0.3) is 0 Å². The molecule has 6 heteroatoms. The van der Waals surface area contributed by atoms with Crippen LogP contribution in [0.2, 0.25) is 5.15 Å². The molecule has 1 heterocycles. The maximum absolute atomic E-state index is 13.0. The van der Waals surface area contributed by atoms with Crippen molar-refractivity contribution in [1.82, 2.24) is 14.7 Å². The van der Waals surface area contributed by atoms with E-state index in [0.717, 1.165) is 36.8 Å². The van der Waals surface area contributed by atoms with Crippen LogP contribution in [-0.4, -0.2) is 26.6 Å². The predicted molar refractivity (Wildman–Crippen MR) is 91.1 cm³/mol. The molecule has 1 aliphatic carbocycles. The van der Waals surface area contributed by atoms with Crippen molar-refractivity contribution in [2.45, 2.75) is 44.7 Å². The number of carbonyl (C=O) groups is 1. The fourth-order valence-electron chi connectivity index (χ4n) is 3.27. The van der Waals surface area contributed by atoms with Gasteiger partial charge in [-0.3, -0.25) is 9.48 Å². The molecule has 1 aromatic heterocycles. The second-order valence-corrected chi connectivity index (χ2v) is 6.71. The highest BCUT2D eigenvalue weighted by atomic mass is 35.5. The molecule has 0 N–H and O–H groups in total. The number of hydrogen-bond acceptors (Lipinski definition) is 2. The highest BCUT2D eigenvalue weighted by Crippen LogP contribution is 2.27. The van der Waals surface area contributed by atoms with Crippen molar-refractivity contribution in [3.05, 3.63) is 52.6 Å². The van der Waals surface area contributed by atoms with Gasteiger partial charge >= 0.3 is 0 Å². The van der Waals surface area contributed by atoms with Crippen LogP contribution in [0.15, 0.2) is 30.5 Å². The van der Waals surface area contributed by atoms with Gasteiger partial charge in [0.2, 0.25) is 5.91 Å².